The lowest BCUT2D eigenvalue weighted by Gasteiger charge is -2.39. The first-order chi connectivity index (χ1) is 14.1. The summed E-state index contributed by atoms with van der Waals surface area (Å²) >= 11 is 0. The summed E-state index contributed by atoms with van der Waals surface area (Å²) in [6, 6.07) is 5.23. The predicted molar refractivity (Wildman–Crippen MR) is 116 cm³/mol. The van der Waals surface area contributed by atoms with E-state index in [9.17, 15) is 13.2 Å². The van der Waals surface area contributed by atoms with Crippen LogP contribution in [-0.2, 0) is 27.3 Å². The van der Waals surface area contributed by atoms with Gasteiger partial charge < -0.3 is 4.90 Å². The molecule has 0 N–H and O–H groups in total. The number of rotatable bonds is 3. The molecular weight excluding hydrogens is 400 g/mol. The Bertz CT molecular complexity index is 1070. The van der Waals surface area contributed by atoms with Crippen LogP contribution in [0.3, 0.4) is 0 Å². The molecule has 3 heterocycles. The molecule has 1 fully saturated rings. The van der Waals surface area contributed by atoms with Crippen LogP contribution in [-0.4, -0.2) is 48.0 Å². The van der Waals surface area contributed by atoms with Crippen molar-refractivity contribution in [2.24, 2.45) is 7.05 Å². The minimum atomic E-state index is -3.57. The zero-order valence-electron chi connectivity index (χ0n) is 18.1. The molecule has 4 rings (SSSR count). The summed E-state index contributed by atoms with van der Waals surface area (Å²) < 4.78 is 30.1. The van der Waals surface area contributed by atoms with Crippen molar-refractivity contribution in [2.75, 3.05) is 24.5 Å². The number of carbonyl (C=O) groups is 1. The summed E-state index contributed by atoms with van der Waals surface area (Å²) in [4.78, 5) is 14.1. The zero-order chi connectivity index (χ0) is 21.7. The number of hydrogen-bond donors (Lipinski definition) is 0. The fourth-order valence-corrected chi connectivity index (χ4v) is 6.15. The van der Waals surface area contributed by atoms with Crippen molar-refractivity contribution < 1.29 is 13.2 Å². The van der Waals surface area contributed by atoms with Crippen molar-refractivity contribution in [2.45, 2.75) is 56.3 Å². The van der Waals surface area contributed by atoms with Crippen LogP contribution in [0.5, 0.6) is 0 Å². The average Bonchev–Trinajstić information content (AvgIpc) is 3.14. The smallest absolute Gasteiger partial charge is 0.243 e. The average molecular weight is 431 g/mol. The lowest BCUT2D eigenvalue weighted by Crippen LogP contribution is -2.41. The summed E-state index contributed by atoms with van der Waals surface area (Å²) in [5, 5.41) is 4.24. The largest absolute Gasteiger partial charge is 0.312 e. The number of amides is 1. The van der Waals surface area contributed by atoms with Crippen molar-refractivity contribution in [3.8, 4) is 0 Å². The van der Waals surface area contributed by atoms with E-state index in [1.807, 2.05) is 19.4 Å². The number of anilines is 1. The van der Waals surface area contributed by atoms with Crippen molar-refractivity contribution in [3.63, 3.8) is 0 Å². The Hall–Kier alpha value is -2.19. The van der Waals surface area contributed by atoms with Gasteiger partial charge in [-0.3, -0.25) is 9.48 Å². The molecule has 2 aliphatic rings. The summed E-state index contributed by atoms with van der Waals surface area (Å²) in [6.07, 6.45) is 6.28. The predicted octanol–water partition coefficient (Wildman–Crippen LogP) is 3.02. The molecule has 162 valence electrons. The third-order valence-corrected chi connectivity index (χ3v) is 8.51. The molecule has 0 unspecified atom stereocenters. The molecular formula is C22H30N4O3S. The minimum absolute atomic E-state index is 0.0140. The van der Waals surface area contributed by atoms with E-state index in [0.29, 0.717) is 30.4 Å². The number of hydrogen-bond acceptors (Lipinski definition) is 4. The van der Waals surface area contributed by atoms with Crippen LogP contribution < -0.4 is 4.90 Å². The van der Waals surface area contributed by atoms with E-state index in [4.69, 9.17) is 0 Å². The number of benzene rings is 1. The maximum absolute atomic E-state index is 13.4. The number of nitrogens with zero attached hydrogens (tertiary/aromatic N) is 4. The maximum Gasteiger partial charge on any atom is 0.243 e. The molecule has 1 amide bonds. The van der Waals surface area contributed by atoms with E-state index in [0.717, 1.165) is 30.5 Å². The Morgan fingerprint density at radius 3 is 2.47 bits per heavy atom. The third kappa shape index (κ3) is 3.67. The van der Waals surface area contributed by atoms with Gasteiger partial charge in [-0.2, -0.15) is 9.40 Å². The number of aryl methyl sites for hydroxylation is 1. The van der Waals surface area contributed by atoms with Crippen LogP contribution >= 0.6 is 0 Å². The number of aromatic nitrogens is 2. The van der Waals surface area contributed by atoms with Crippen LogP contribution in [0.2, 0.25) is 0 Å². The Kier molecular flexibility index (Phi) is 5.26. The van der Waals surface area contributed by atoms with Gasteiger partial charge in [-0.15, -0.1) is 0 Å². The first-order valence-corrected chi connectivity index (χ1v) is 11.9. The quantitative estimate of drug-likeness (QED) is 0.750. The first kappa shape index (κ1) is 21.1. The maximum atomic E-state index is 13.4. The third-order valence-electron chi connectivity index (χ3n) is 6.62. The van der Waals surface area contributed by atoms with Gasteiger partial charge in [-0.05, 0) is 59.9 Å². The lowest BCUT2D eigenvalue weighted by molar-refractivity contribution is -0.116. The van der Waals surface area contributed by atoms with E-state index in [1.54, 1.807) is 39.0 Å². The minimum Gasteiger partial charge on any atom is -0.312 e. The molecule has 2 aromatic rings. The highest BCUT2D eigenvalue weighted by atomic mass is 32.2. The topological polar surface area (TPSA) is 75.5 Å². The molecule has 7 nitrogen and oxygen atoms in total. The highest BCUT2D eigenvalue weighted by Gasteiger charge is 2.36. The molecule has 0 radical (unpaired) electrons. The Morgan fingerprint density at radius 1 is 1.17 bits per heavy atom. The van der Waals surface area contributed by atoms with E-state index >= 15 is 0 Å². The highest BCUT2D eigenvalue weighted by Crippen LogP contribution is 2.41. The molecule has 30 heavy (non-hydrogen) atoms. The summed E-state index contributed by atoms with van der Waals surface area (Å²) in [6.45, 7) is 7.44. The normalized spacial score (nSPS) is 20.2. The fourth-order valence-electron chi connectivity index (χ4n) is 4.66. The van der Waals surface area contributed by atoms with Crippen molar-refractivity contribution in [1.82, 2.24) is 14.1 Å². The summed E-state index contributed by atoms with van der Waals surface area (Å²) in [7, 11) is -1.68. The van der Waals surface area contributed by atoms with Crippen LogP contribution in [0.25, 0.3) is 0 Å². The number of fused-ring (bicyclic) bond motifs is 1. The van der Waals surface area contributed by atoms with Crippen LogP contribution in [0.15, 0.2) is 35.5 Å². The second-order valence-electron chi connectivity index (χ2n) is 9.11. The standard InChI is InChI=1S/C22H30N4O3S/c1-16(27)26-12-9-22(2,3)20-13-19(5-6-21(20)26)30(28,29)25-10-7-17(8-11-25)18-14-23-24(4)15-18/h5-6,13-15,17H,7-12H2,1-4H3. The number of sulfonamides is 1. The summed E-state index contributed by atoms with van der Waals surface area (Å²) in [5.74, 6) is 0.330. The molecule has 1 aromatic carbocycles. The molecule has 8 heteroatoms. The Morgan fingerprint density at radius 2 is 1.87 bits per heavy atom. The monoisotopic (exact) mass is 430 g/mol. The van der Waals surface area contributed by atoms with E-state index in [1.165, 1.54) is 5.56 Å². The molecule has 0 saturated carbocycles. The van der Waals surface area contributed by atoms with Crippen molar-refractivity contribution >= 4 is 21.6 Å². The zero-order valence-corrected chi connectivity index (χ0v) is 18.9. The van der Waals surface area contributed by atoms with Gasteiger partial charge in [0.1, 0.15) is 0 Å². The van der Waals surface area contributed by atoms with E-state index in [2.05, 4.69) is 18.9 Å². The lowest BCUT2D eigenvalue weighted by atomic mass is 9.77. The van der Waals surface area contributed by atoms with Gasteiger partial charge in [0.15, 0.2) is 0 Å². The van der Waals surface area contributed by atoms with Gasteiger partial charge in [0.25, 0.3) is 0 Å². The van der Waals surface area contributed by atoms with Gasteiger partial charge in [0, 0.05) is 45.5 Å². The van der Waals surface area contributed by atoms with Crippen molar-refractivity contribution in [3.05, 3.63) is 41.7 Å². The van der Waals surface area contributed by atoms with Crippen LogP contribution in [0, 0.1) is 0 Å². The first-order valence-electron chi connectivity index (χ1n) is 10.5. The number of piperidine rings is 1. The van der Waals surface area contributed by atoms with Crippen LogP contribution in [0.4, 0.5) is 5.69 Å². The van der Waals surface area contributed by atoms with Gasteiger partial charge in [0.05, 0.1) is 11.1 Å². The Labute approximate surface area is 178 Å². The molecule has 1 aromatic heterocycles. The molecule has 0 aliphatic carbocycles. The fraction of sp³-hybridized carbons (Fsp3) is 0.545. The highest BCUT2D eigenvalue weighted by molar-refractivity contribution is 7.89. The van der Waals surface area contributed by atoms with Gasteiger partial charge in [-0.1, -0.05) is 13.8 Å². The second-order valence-corrected chi connectivity index (χ2v) is 11.0. The second kappa shape index (κ2) is 7.50. The number of carbonyl (C=O) groups excluding carboxylic acids is 1. The molecule has 0 bridgehead atoms. The SMILES string of the molecule is CC(=O)N1CCC(C)(C)c2cc(S(=O)(=O)N3CCC(c4cnn(C)c4)CC3)ccc21. The van der Waals surface area contributed by atoms with E-state index in [-0.39, 0.29) is 11.3 Å². The van der Waals surface area contributed by atoms with E-state index < -0.39 is 10.0 Å². The molecule has 1 saturated heterocycles. The van der Waals surface area contributed by atoms with Gasteiger partial charge in [-0.25, -0.2) is 8.42 Å². The van der Waals surface area contributed by atoms with Crippen molar-refractivity contribution in [1.29, 1.82) is 0 Å². The Balaban J connectivity index is 1.59. The summed E-state index contributed by atoms with van der Waals surface area (Å²) in [5.41, 5.74) is 2.75. The van der Waals surface area contributed by atoms with Gasteiger partial charge >= 0.3 is 0 Å². The van der Waals surface area contributed by atoms with Gasteiger partial charge in [0.2, 0.25) is 15.9 Å². The van der Waals surface area contributed by atoms with Crippen LogP contribution in [0.1, 0.15) is 57.1 Å². The molecule has 2 aliphatic heterocycles. The molecule has 0 spiro atoms. The molecule has 0 atom stereocenters.